The van der Waals surface area contributed by atoms with Crippen molar-refractivity contribution in [3.05, 3.63) is 17.7 Å². The van der Waals surface area contributed by atoms with E-state index in [1.807, 2.05) is 13.8 Å². The van der Waals surface area contributed by atoms with E-state index in [9.17, 15) is 0 Å². The molecule has 8 heavy (non-hydrogen) atoms. The van der Waals surface area contributed by atoms with Crippen molar-refractivity contribution in [3.63, 3.8) is 0 Å². The summed E-state index contributed by atoms with van der Waals surface area (Å²) in [7, 11) is 0. The van der Waals surface area contributed by atoms with E-state index in [1.165, 1.54) is 0 Å². The highest BCUT2D eigenvalue weighted by Gasteiger charge is 1.89. The molecule has 0 radical (unpaired) electrons. The summed E-state index contributed by atoms with van der Waals surface area (Å²) >= 11 is 0. The van der Waals surface area contributed by atoms with Gasteiger partial charge in [0.2, 0.25) is 0 Å². The standard InChI is InChI=1S/C6H10N2/c1-3-6-7-4-5(2)8-6/h4H,3H2,1-2H3,(H,7,8)/i4T. The number of aryl methyl sites for hydroxylation is 2. The lowest BCUT2D eigenvalue weighted by Crippen LogP contribution is -1.80. The SMILES string of the molecule is [3H]c1nc(CC)[nH]c1C. The molecule has 2 heteroatoms. The maximum absolute atomic E-state index is 7.20. The van der Waals surface area contributed by atoms with Gasteiger partial charge in [-0.25, -0.2) is 4.98 Å². The number of aromatic nitrogens is 2. The van der Waals surface area contributed by atoms with Crippen molar-refractivity contribution in [3.8, 4) is 0 Å². The van der Waals surface area contributed by atoms with Gasteiger partial charge in [-0.2, -0.15) is 0 Å². The van der Waals surface area contributed by atoms with Crippen LogP contribution in [0.1, 0.15) is 19.8 Å². The number of hydrogen-bond donors (Lipinski definition) is 1. The Balaban J connectivity index is 2.98. The molecule has 1 aromatic rings. The smallest absolute Gasteiger partial charge is 0.105 e. The van der Waals surface area contributed by atoms with Crippen molar-refractivity contribution < 1.29 is 1.37 Å². The zero-order chi connectivity index (χ0) is 6.85. The summed E-state index contributed by atoms with van der Waals surface area (Å²) in [6, 6.07) is 0. The average molecular weight is 112 g/mol. The second-order valence-corrected chi connectivity index (χ2v) is 1.77. The molecular weight excluding hydrogens is 100 g/mol. The van der Waals surface area contributed by atoms with Crippen LogP contribution in [0.5, 0.6) is 0 Å². The van der Waals surface area contributed by atoms with Crippen molar-refractivity contribution in [2.24, 2.45) is 0 Å². The summed E-state index contributed by atoms with van der Waals surface area (Å²) < 4.78 is 7.20. The summed E-state index contributed by atoms with van der Waals surface area (Å²) in [5, 5.41) is 0. The highest BCUT2D eigenvalue weighted by atomic mass is 14.9. The minimum Gasteiger partial charge on any atom is -0.346 e. The van der Waals surface area contributed by atoms with Crippen molar-refractivity contribution in [2.75, 3.05) is 0 Å². The van der Waals surface area contributed by atoms with Crippen LogP contribution in [0.4, 0.5) is 0 Å². The van der Waals surface area contributed by atoms with Gasteiger partial charge >= 0.3 is 0 Å². The second-order valence-electron chi connectivity index (χ2n) is 1.77. The number of rotatable bonds is 1. The van der Waals surface area contributed by atoms with Crippen molar-refractivity contribution >= 4 is 0 Å². The number of hydrogen-bond acceptors (Lipinski definition) is 1. The van der Waals surface area contributed by atoms with Crippen LogP contribution in [-0.4, -0.2) is 9.97 Å². The highest BCUT2D eigenvalue weighted by molar-refractivity contribution is 4.97. The monoisotopic (exact) mass is 112 g/mol. The molecule has 0 aliphatic rings. The minimum atomic E-state index is 0.367. The van der Waals surface area contributed by atoms with Gasteiger partial charge in [0, 0.05) is 18.3 Å². The van der Waals surface area contributed by atoms with Crippen LogP contribution in [0.25, 0.3) is 0 Å². The maximum Gasteiger partial charge on any atom is 0.105 e. The molecule has 0 saturated carbocycles. The fraction of sp³-hybridized carbons (Fsp3) is 0.500. The molecule has 0 bridgehead atoms. The fourth-order valence-electron chi connectivity index (χ4n) is 0.591. The molecule has 0 spiro atoms. The lowest BCUT2D eigenvalue weighted by molar-refractivity contribution is 0.982. The van der Waals surface area contributed by atoms with E-state index >= 15 is 0 Å². The fourth-order valence-corrected chi connectivity index (χ4v) is 0.591. The average Bonchev–Trinajstić information content (AvgIpc) is 2.13. The molecule has 0 atom stereocenters. The van der Waals surface area contributed by atoms with Gasteiger partial charge in [-0.15, -0.1) is 0 Å². The van der Waals surface area contributed by atoms with Crippen LogP contribution in [0.15, 0.2) is 6.17 Å². The molecule has 0 amide bonds. The van der Waals surface area contributed by atoms with Crippen molar-refractivity contribution in [1.82, 2.24) is 9.97 Å². The number of nitrogens with one attached hydrogen (secondary N) is 1. The van der Waals surface area contributed by atoms with Crippen LogP contribution in [-0.2, 0) is 6.42 Å². The van der Waals surface area contributed by atoms with E-state index in [0.717, 1.165) is 17.9 Å². The number of nitrogens with zero attached hydrogens (tertiary/aromatic N) is 1. The minimum absolute atomic E-state index is 0.367. The third-order valence-electron chi connectivity index (χ3n) is 1.03. The number of aromatic amines is 1. The second kappa shape index (κ2) is 1.99. The number of imidazole rings is 1. The Morgan fingerprint density at radius 2 is 2.75 bits per heavy atom. The molecule has 0 aliphatic carbocycles. The molecular formula is C6H10N2. The number of H-pyrrole nitrogens is 1. The Kier molecular flexibility index (Phi) is 1.02. The molecule has 0 saturated heterocycles. The quantitative estimate of drug-likeness (QED) is 0.582. The molecule has 0 fully saturated rings. The molecule has 1 aromatic heterocycles. The van der Waals surface area contributed by atoms with Crippen LogP contribution in [0, 0.1) is 6.92 Å². The van der Waals surface area contributed by atoms with Gasteiger partial charge in [0.1, 0.15) is 5.82 Å². The molecule has 1 N–H and O–H groups in total. The van der Waals surface area contributed by atoms with E-state index in [1.54, 1.807) is 0 Å². The zero-order valence-electron chi connectivity index (χ0n) is 6.15. The highest BCUT2D eigenvalue weighted by Crippen LogP contribution is 1.93. The van der Waals surface area contributed by atoms with Crippen LogP contribution in [0.2, 0.25) is 0 Å². The van der Waals surface area contributed by atoms with E-state index in [0.29, 0.717) is 6.17 Å². The van der Waals surface area contributed by atoms with Crippen LogP contribution < -0.4 is 0 Å². The first kappa shape index (κ1) is 4.13. The summed E-state index contributed by atoms with van der Waals surface area (Å²) in [6.45, 7) is 3.87. The van der Waals surface area contributed by atoms with Gasteiger partial charge in [0.25, 0.3) is 0 Å². The van der Waals surface area contributed by atoms with Gasteiger partial charge < -0.3 is 4.98 Å². The first-order chi connectivity index (χ1) is 4.24. The van der Waals surface area contributed by atoms with Gasteiger partial charge in [-0.3, -0.25) is 0 Å². The van der Waals surface area contributed by atoms with Crippen molar-refractivity contribution in [1.29, 1.82) is 0 Å². The van der Waals surface area contributed by atoms with Gasteiger partial charge in [-0.05, 0) is 6.92 Å². The Bertz CT molecular complexity index is 185. The van der Waals surface area contributed by atoms with E-state index < -0.39 is 0 Å². The Morgan fingerprint density at radius 3 is 3.00 bits per heavy atom. The first-order valence-electron chi connectivity index (χ1n) is 3.26. The van der Waals surface area contributed by atoms with E-state index in [-0.39, 0.29) is 0 Å². The van der Waals surface area contributed by atoms with Gasteiger partial charge in [0.15, 0.2) is 0 Å². The molecule has 44 valence electrons. The maximum atomic E-state index is 7.20. The molecule has 1 rings (SSSR count). The van der Waals surface area contributed by atoms with Crippen LogP contribution >= 0.6 is 0 Å². The summed E-state index contributed by atoms with van der Waals surface area (Å²) in [5.74, 6) is 0.900. The van der Waals surface area contributed by atoms with E-state index in [2.05, 4.69) is 9.97 Å². The molecule has 0 aromatic carbocycles. The lowest BCUT2D eigenvalue weighted by atomic mass is 10.5. The summed E-state index contributed by atoms with van der Waals surface area (Å²) in [4.78, 5) is 6.94. The predicted molar refractivity (Wildman–Crippen MR) is 32.7 cm³/mol. The summed E-state index contributed by atoms with van der Waals surface area (Å²) in [5.41, 5.74) is 0.854. The third-order valence-corrected chi connectivity index (χ3v) is 1.03. The lowest BCUT2D eigenvalue weighted by Gasteiger charge is -1.82. The van der Waals surface area contributed by atoms with Crippen molar-refractivity contribution in [2.45, 2.75) is 20.3 Å². The largest absolute Gasteiger partial charge is 0.346 e. The normalized spacial score (nSPS) is 11.5. The van der Waals surface area contributed by atoms with Gasteiger partial charge in [-0.1, -0.05) is 6.92 Å². The molecule has 0 unspecified atom stereocenters. The Labute approximate surface area is 50.4 Å². The zero-order valence-corrected chi connectivity index (χ0v) is 5.15. The first-order valence-corrected chi connectivity index (χ1v) is 2.76. The van der Waals surface area contributed by atoms with Gasteiger partial charge in [0.05, 0.1) is 1.37 Å². The third kappa shape index (κ3) is 0.886. The van der Waals surface area contributed by atoms with Crippen LogP contribution in [0.3, 0.4) is 0 Å². The topological polar surface area (TPSA) is 28.7 Å². The Hall–Kier alpha value is -0.790. The predicted octanol–water partition coefficient (Wildman–Crippen LogP) is 1.28. The molecule has 0 aliphatic heterocycles. The molecule has 1 heterocycles. The summed E-state index contributed by atoms with van der Waals surface area (Å²) in [6.07, 6.45) is 1.24. The molecule has 2 nitrogen and oxygen atoms in total. The Morgan fingerprint density at radius 1 is 2.00 bits per heavy atom. The van der Waals surface area contributed by atoms with E-state index in [4.69, 9.17) is 1.37 Å².